The fourth-order valence-corrected chi connectivity index (χ4v) is 12.6. The average molecular weight is 1490 g/mol. The van der Waals surface area contributed by atoms with Crippen molar-refractivity contribution in [2.75, 3.05) is 89.2 Å². The summed E-state index contributed by atoms with van der Waals surface area (Å²) in [5, 5.41) is 11.5. The van der Waals surface area contributed by atoms with Gasteiger partial charge in [0.2, 0.25) is 70.9 Å². The maximum absolute atomic E-state index is 15.3. The number of benzene rings is 3. The van der Waals surface area contributed by atoms with Crippen LogP contribution in [0.5, 0.6) is 5.75 Å². The summed E-state index contributed by atoms with van der Waals surface area (Å²) in [5.74, 6) is -8.54. The van der Waals surface area contributed by atoms with Crippen LogP contribution in [-0.2, 0) is 76.8 Å². The Labute approximate surface area is 598 Å². The molecule has 544 valence electrons. The Kier molecular flexibility index (Phi) is 30.7. The number of methoxy groups -OCH3 is 1. The van der Waals surface area contributed by atoms with Crippen LogP contribution in [-0.4, -0.2) is 247 Å². The van der Waals surface area contributed by atoms with Crippen molar-refractivity contribution in [1.82, 2.24) is 60.5 Å². The summed E-state index contributed by atoms with van der Waals surface area (Å²) >= 11 is 2.13. The Bertz CT molecular complexity index is 3340. The molecule has 0 bridgehead atoms. The lowest BCUT2D eigenvalue weighted by Gasteiger charge is -2.39. The Morgan fingerprint density at radius 3 is 1.72 bits per heavy atom. The van der Waals surface area contributed by atoms with Crippen molar-refractivity contribution in [2.24, 2.45) is 17.8 Å². The third-order valence-corrected chi connectivity index (χ3v) is 19.7. The maximum atomic E-state index is 15.3. The fourth-order valence-electron chi connectivity index (χ4n) is 12.0. The lowest BCUT2D eigenvalue weighted by atomic mass is 9.95. The van der Waals surface area contributed by atoms with Gasteiger partial charge in [-0.05, 0) is 134 Å². The van der Waals surface area contributed by atoms with Gasteiger partial charge in [0, 0.05) is 85.3 Å². The van der Waals surface area contributed by atoms with E-state index in [0.29, 0.717) is 54.8 Å². The topological polar surface area (TPSA) is 288 Å². The van der Waals surface area contributed by atoms with Crippen LogP contribution in [0.2, 0.25) is 0 Å². The fraction of sp³-hybridized carbons (Fsp3) is 0.589. The number of halogens is 1. The molecule has 0 aromatic heterocycles. The number of amides is 12. The summed E-state index contributed by atoms with van der Waals surface area (Å²) in [6.45, 7) is 15.0. The van der Waals surface area contributed by atoms with Gasteiger partial charge in [0.1, 0.15) is 53.6 Å². The molecule has 0 saturated carbocycles. The number of nitrogens with one attached hydrogen (secondary N) is 4. The van der Waals surface area contributed by atoms with Gasteiger partial charge in [0.15, 0.2) is 0 Å². The molecule has 4 N–H and O–H groups in total. The smallest absolute Gasteiger partial charge is 0.246 e. The molecular weight excluding hydrogens is 1380 g/mol. The largest absolute Gasteiger partial charge is 0.497 e. The first kappa shape index (κ1) is 81.5. The van der Waals surface area contributed by atoms with E-state index in [0.717, 1.165) is 30.3 Å². The van der Waals surface area contributed by atoms with Crippen LogP contribution >= 0.6 is 22.6 Å². The first-order valence-electron chi connectivity index (χ1n) is 34.2. The van der Waals surface area contributed by atoms with Crippen LogP contribution in [0.3, 0.4) is 0 Å². The van der Waals surface area contributed by atoms with Crippen molar-refractivity contribution in [2.45, 2.75) is 174 Å². The van der Waals surface area contributed by atoms with Crippen LogP contribution < -0.4 is 26.0 Å². The third kappa shape index (κ3) is 22.9. The molecule has 0 aliphatic carbocycles. The van der Waals surface area contributed by atoms with Crippen molar-refractivity contribution < 1.29 is 62.3 Å². The zero-order valence-electron chi connectivity index (χ0n) is 61.1. The van der Waals surface area contributed by atoms with E-state index in [1.165, 1.54) is 89.9 Å². The van der Waals surface area contributed by atoms with Crippen LogP contribution in [0.4, 0.5) is 0 Å². The number of hydrogen-bond donors (Lipinski definition) is 4. The number of carbonyl (C=O) groups excluding carboxylic acids is 12. The summed E-state index contributed by atoms with van der Waals surface area (Å²) in [4.78, 5) is 188. The van der Waals surface area contributed by atoms with Crippen LogP contribution in [0, 0.1) is 28.2 Å². The number of nitrogens with zero attached hydrogens (tertiary/aromatic N) is 8. The molecule has 25 nitrogen and oxygen atoms in total. The van der Waals surface area contributed by atoms with Crippen molar-refractivity contribution >= 4 is 93.5 Å². The van der Waals surface area contributed by atoms with Gasteiger partial charge >= 0.3 is 0 Å². The molecule has 0 spiro atoms. The zero-order valence-corrected chi connectivity index (χ0v) is 63.2. The average Bonchev–Trinajstić information content (AvgIpc) is 0.808. The van der Waals surface area contributed by atoms with Crippen LogP contribution in [0.1, 0.15) is 123 Å². The molecule has 2 aliphatic heterocycles. The number of hydrogen-bond acceptors (Lipinski definition) is 13. The lowest BCUT2D eigenvalue weighted by Crippen LogP contribution is -2.64. The van der Waals surface area contributed by atoms with E-state index in [9.17, 15) is 38.4 Å². The van der Waals surface area contributed by atoms with Gasteiger partial charge in [-0.3, -0.25) is 57.5 Å². The summed E-state index contributed by atoms with van der Waals surface area (Å²) in [6.07, 6.45) is 2.07. The second kappa shape index (κ2) is 37.3. The van der Waals surface area contributed by atoms with Crippen molar-refractivity contribution in [1.29, 1.82) is 0 Å². The number of likely N-dealkylation sites (N-methyl/N-ethyl adjacent to an activating group) is 7. The minimum atomic E-state index is -1.76. The predicted molar refractivity (Wildman–Crippen MR) is 385 cm³/mol. The quantitative estimate of drug-likeness (QED) is 0.165. The molecule has 8 atom stereocenters. The number of ether oxygens (including phenoxy) is 1. The van der Waals surface area contributed by atoms with E-state index < -0.39 is 151 Å². The minimum absolute atomic E-state index is 0.00592. The van der Waals surface area contributed by atoms with E-state index in [-0.39, 0.29) is 43.9 Å². The number of piperidine rings is 1. The second-order valence-electron chi connectivity index (χ2n) is 28.1. The molecule has 2 heterocycles. The summed E-state index contributed by atoms with van der Waals surface area (Å²) in [6, 6.07) is 12.3. The van der Waals surface area contributed by atoms with Gasteiger partial charge in [-0.25, -0.2) is 0 Å². The number of aryl methyl sites for hydroxylation is 1. The molecule has 5 rings (SSSR count). The molecule has 2 aliphatic rings. The SMILES string of the molecule is CC[C@H](C)[C@@H]1NC(=O)[C@H](CC(C)C)N(C)C(=O)C[C@@H](C(=O)N2CCCCC2)N(C)C(=O)[C@H](CC(C)C)NC(=O)C(C)(C)N(C)C(=O)[C@H](Cc2ccc(OC)cc2)NC(=O)[C@H](Cc2cccc(I)c2)NC(=O)CN(C)C(=O)[C@H](Cc2ccc(C)cc2)N(C)C(=O)CN(C)C(=O)CN(C)C1=O. The molecule has 2 fully saturated rings. The van der Waals surface area contributed by atoms with Crippen LogP contribution in [0.15, 0.2) is 72.8 Å². The Morgan fingerprint density at radius 1 is 0.566 bits per heavy atom. The standard InChI is InChI=1S/C73H107IN12O13/c1-18-48(7)64-71(97)81(12)43-62(89)79(10)44-63(90)83(14)58(40-50-27-25-47(6)26-28-50)69(95)80(11)42-60(87)75-54(39-51-23-22-24-52(74)37-51)65(91)76-56(38-49-29-31-53(99-17)32-30-49)68(94)85(16)73(8,9)72(98)77-55(35-45(2)3)67(93)84(15)59(70(96)86-33-20-19-21-34-86)41-61(88)82(13)57(36-46(4)5)66(92)78-64/h22-32,37,45-46,48,54-59,64H,18-21,33-36,38-44H2,1-17H3,(H,75,87)(H,76,91)(H,77,98)(H,78,92)/t48-,54-,55-,56-,57-,58-,59-,64-/m0/s1. The molecule has 3 aromatic carbocycles. The van der Waals surface area contributed by atoms with Crippen LogP contribution in [0.25, 0.3) is 0 Å². The highest BCUT2D eigenvalue weighted by Gasteiger charge is 2.44. The number of rotatable bonds is 14. The second-order valence-corrected chi connectivity index (χ2v) is 29.4. The first-order chi connectivity index (χ1) is 46.5. The number of likely N-dealkylation sites (tertiary alicyclic amines) is 1. The van der Waals surface area contributed by atoms with Gasteiger partial charge < -0.3 is 65.2 Å². The monoisotopic (exact) mass is 1490 g/mol. The van der Waals surface area contributed by atoms with E-state index in [4.69, 9.17) is 4.74 Å². The van der Waals surface area contributed by atoms with Crippen molar-refractivity contribution in [3.8, 4) is 5.75 Å². The summed E-state index contributed by atoms with van der Waals surface area (Å²) in [7, 11) is 11.3. The van der Waals surface area contributed by atoms with Gasteiger partial charge in [0.25, 0.3) is 0 Å². The van der Waals surface area contributed by atoms with E-state index in [1.54, 1.807) is 48.2 Å². The summed E-state index contributed by atoms with van der Waals surface area (Å²) < 4.78 is 6.24. The highest BCUT2D eigenvalue weighted by molar-refractivity contribution is 14.1. The number of carbonyl (C=O) groups is 12. The van der Waals surface area contributed by atoms with Gasteiger partial charge in [-0.2, -0.15) is 0 Å². The Hall–Kier alpha value is -8.17. The predicted octanol–water partition coefficient (Wildman–Crippen LogP) is 4.22. The Morgan fingerprint density at radius 2 is 1.13 bits per heavy atom. The van der Waals surface area contributed by atoms with Crippen molar-refractivity contribution in [3.05, 3.63) is 98.6 Å². The van der Waals surface area contributed by atoms with E-state index in [2.05, 4.69) is 43.9 Å². The molecule has 3 aromatic rings. The highest BCUT2D eigenvalue weighted by atomic mass is 127. The maximum Gasteiger partial charge on any atom is 0.246 e. The van der Waals surface area contributed by atoms with Gasteiger partial charge in [0.05, 0.1) is 33.2 Å². The van der Waals surface area contributed by atoms with Gasteiger partial charge in [-0.1, -0.05) is 102 Å². The zero-order chi connectivity index (χ0) is 73.9. The molecule has 99 heavy (non-hydrogen) atoms. The minimum Gasteiger partial charge on any atom is -0.497 e. The molecule has 0 radical (unpaired) electrons. The van der Waals surface area contributed by atoms with E-state index in [1.807, 2.05) is 77.9 Å². The van der Waals surface area contributed by atoms with Crippen molar-refractivity contribution in [3.63, 3.8) is 0 Å². The molecule has 2 saturated heterocycles. The molecule has 12 amide bonds. The summed E-state index contributed by atoms with van der Waals surface area (Å²) in [5.41, 5.74) is 1.09. The van der Waals surface area contributed by atoms with E-state index >= 15 is 19.2 Å². The highest BCUT2D eigenvalue weighted by Crippen LogP contribution is 2.25. The molecule has 26 heteroatoms. The first-order valence-corrected chi connectivity index (χ1v) is 35.3. The molecular formula is C73H107IN12O13. The molecule has 0 unspecified atom stereocenters. The normalized spacial score (nSPS) is 23.3. The lowest BCUT2D eigenvalue weighted by molar-refractivity contribution is -0.152. The Balaban J connectivity index is 1.65. The third-order valence-electron chi connectivity index (χ3n) is 19.0. The van der Waals surface area contributed by atoms with Gasteiger partial charge in [-0.15, -0.1) is 0 Å².